The Kier molecular flexibility index (Phi) is 5.77. The topological polar surface area (TPSA) is 50.2 Å². The summed E-state index contributed by atoms with van der Waals surface area (Å²) in [7, 11) is 0. The molecular weight excluding hydrogens is 336 g/mol. The van der Waals surface area contributed by atoms with Crippen LogP contribution in [0.15, 0.2) is 24.3 Å². The van der Waals surface area contributed by atoms with Gasteiger partial charge in [-0.05, 0) is 51.3 Å². The van der Waals surface area contributed by atoms with E-state index >= 15 is 0 Å². The molecule has 1 aliphatic heterocycles. The molecular formula is C22H32N4O. The molecule has 1 aromatic heterocycles. The van der Waals surface area contributed by atoms with Gasteiger partial charge in [-0.1, -0.05) is 31.4 Å². The van der Waals surface area contributed by atoms with E-state index in [1.54, 1.807) is 0 Å². The molecule has 2 fully saturated rings. The van der Waals surface area contributed by atoms with E-state index < -0.39 is 0 Å². The van der Waals surface area contributed by atoms with Crippen molar-refractivity contribution in [3.05, 3.63) is 30.1 Å². The highest BCUT2D eigenvalue weighted by Crippen LogP contribution is 2.23. The zero-order valence-electron chi connectivity index (χ0n) is 16.5. The van der Waals surface area contributed by atoms with Crippen LogP contribution < -0.4 is 5.32 Å². The Labute approximate surface area is 162 Å². The fourth-order valence-electron chi connectivity index (χ4n) is 4.78. The number of hydrogen-bond acceptors (Lipinski definition) is 3. The summed E-state index contributed by atoms with van der Waals surface area (Å²) in [5.41, 5.74) is 2.27. The lowest BCUT2D eigenvalue weighted by Gasteiger charge is -2.33. The van der Waals surface area contributed by atoms with Crippen LogP contribution in [0.3, 0.4) is 0 Å². The van der Waals surface area contributed by atoms with Crippen molar-refractivity contribution in [2.75, 3.05) is 13.1 Å². The second-order valence-corrected chi connectivity index (χ2v) is 8.18. The third kappa shape index (κ3) is 4.18. The summed E-state index contributed by atoms with van der Waals surface area (Å²) in [5.74, 6) is 1.52. The molecule has 2 aliphatic rings. The molecule has 4 rings (SSSR count). The Morgan fingerprint density at radius 3 is 2.78 bits per heavy atom. The van der Waals surface area contributed by atoms with Gasteiger partial charge in [0.25, 0.3) is 0 Å². The minimum atomic E-state index is 0.125. The first-order chi connectivity index (χ1) is 13.2. The quantitative estimate of drug-likeness (QED) is 0.875. The van der Waals surface area contributed by atoms with Crippen molar-refractivity contribution in [2.45, 2.75) is 71.0 Å². The van der Waals surface area contributed by atoms with E-state index in [1.807, 2.05) is 6.07 Å². The number of aromatic nitrogens is 2. The Morgan fingerprint density at radius 2 is 1.96 bits per heavy atom. The molecule has 2 heterocycles. The number of piperidine rings is 1. The first-order valence-electron chi connectivity index (χ1n) is 10.7. The molecule has 1 aliphatic carbocycles. The fraction of sp³-hybridized carbons (Fsp3) is 0.636. The van der Waals surface area contributed by atoms with Crippen molar-refractivity contribution in [1.82, 2.24) is 19.8 Å². The van der Waals surface area contributed by atoms with E-state index in [0.717, 1.165) is 63.2 Å². The predicted molar refractivity (Wildman–Crippen MR) is 108 cm³/mol. The largest absolute Gasteiger partial charge is 0.353 e. The number of aryl methyl sites for hydroxylation is 1. The van der Waals surface area contributed by atoms with Gasteiger partial charge in [0, 0.05) is 19.1 Å². The van der Waals surface area contributed by atoms with Gasteiger partial charge in [-0.25, -0.2) is 4.98 Å². The lowest BCUT2D eigenvalue weighted by Crippen LogP contribution is -2.46. The number of nitrogens with zero attached hydrogens (tertiary/aromatic N) is 3. The number of imidazole rings is 1. The van der Waals surface area contributed by atoms with E-state index in [0.29, 0.717) is 6.04 Å². The summed E-state index contributed by atoms with van der Waals surface area (Å²) >= 11 is 0. The highest BCUT2D eigenvalue weighted by atomic mass is 16.2. The Balaban J connectivity index is 1.40. The van der Waals surface area contributed by atoms with Crippen molar-refractivity contribution in [3.8, 4) is 0 Å². The zero-order valence-corrected chi connectivity index (χ0v) is 16.5. The smallest absolute Gasteiger partial charge is 0.224 e. The van der Waals surface area contributed by atoms with Gasteiger partial charge in [0.1, 0.15) is 5.82 Å². The molecule has 1 N–H and O–H groups in total. The normalized spacial score (nSPS) is 22.2. The Bertz CT molecular complexity index is 778. The monoisotopic (exact) mass is 368 g/mol. The van der Waals surface area contributed by atoms with Crippen LogP contribution in [0.1, 0.15) is 57.7 Å². The van der Waals surface area contributed by atoms with Crippen LogP contribution in [-0.2, 0) is 17.9 Å². The molecule has 0 spiro atoms. The number of likely N-dealkylation sites (tertiary alicyclic amines) is 1. The van der Waals surface area contributed by atoms with Crippen LogP contribution in [0.2, 0.25) is 0 Å². The summed E-state index contributed by atoms with van der Waals surface area (Å²) in [4.78, 5) is 20.1. The molecule has 2 aromatic rings. The third-order valence-corrected chi connectivity index (χ3v) is 6.24. The summed E-state index contributed by atoms with van der Waals surface area (Å²) in [6.07, 6.45) is 8.26. The molecule has 1 aromatic carbocycles. The van der Waals surface area contributed by atoms with Crippen molar-refractivity contribution >= 4 is 16.9 Å². The Hall–Kier alpha value is -1.88. The van der Waals surface area contributed by atoms with Gasteiger partial charge >= 0.3 is 0 Å². The van der Waals surface area contributed by atoms with Crippen molar-refractivity contribution in [3.63, 3.8) is 0 Å². The van der Waals surface area contributed by atoms with Gasteiger partial charge < -0.3 is 9.88 Å². The third-order valence-electron chi connectivity index (χ3n) is 6.24. The number of carbonyl (C=O) groups is 1. The average molecular weight is 369 g/mol. The van der Waals surface area contributed by atoms with Gasteiger partial charge in [-0.15, -0.1) is 0 Å². The molecule has 0 radical (unpaired) electrons. The second kappa shape index (κ2) is 8.42. The number of amides is 1. The summed E-state index contributed by atoms with van der Waals surface area (Å²) in [6.45, 7) is 5.84. The number of hydrogen-bond donors (Lipinski definition) is 1. The van der Waals surface area contributed by atoms with E-state index in [-0.39, 0.29) is 11.8 Å². The molecule has 1 atom stereocenters. The molecule has 1 amide bonds. The molecule has 1 saturated heterocycles. The van der Waals surface area contributed by atoms with Gasteiger partial charge in [0.05, 0.1) is 23.5 Å². The second-order valence-electron chi connectivity index (χ2n) is 8.18. The number of nitrogens with one attached hydrogen (secondary N) is 1. The SMILES string of the molecule is CCn1c(CN2CCC[C@H](C(=O)NC3CCCCC3)C2)nc2ccccc21. The first-order valence-corrected chi connectivity index (χ1v) is 10.7. The highest BCUT2D eigenvalue weighted by Gasteiger charge is 2.28. The van der Waals surface area contributed by atoms with E-state index in [4.69, 9.17) is 4.98 Å². The standard InChI is InChI=1S/C22H32N4O/c1-2-26-20-13-7-6-12-19(20)24-21(26)16-25-14-8-9-17(15-25)22(27)23-18-10-4-3-5-11-18/h6-7,12-13,17-18H,2-5,8-11,14-16H2,1H3,(H,23,27)/t17-/m0/s1. The average Bonchev–Trinajstić information content (AvgIpc) is 3.06. The van der Waals surface area contributed by atoms with Gasteiger partial charge in [0.15, 0.2) is 0 Å². The maximum absolute atomic E-state index is 12.8. The number of carbonyl (C=O) groups excluding carboxylic acids is 1. The van der Waals surface area contributed by atoms with E-state index in [2.05, 4.69) is 39.9 Å². The highest BCUT2D eigenvalue weighted by molar-refractivity contribution is 5.79. The molecule has 0 unspecified atom stereocenters. The summed E-state index contributed by atoms with van der Waals surface area (Å²) < 4.78 is 2.31. The minimum absolute atomic E-state index is 0.125. The number of rotatable bonds is 5. The summed E-state index contributed by atoms with van der Waals surface area (Å²) in [5, 5.41) is 3.33. The van der Waals surface area contributed by atoms with Crippen LogP contribution in [0.4, 0.5) is 0 Å². The maximum atomic E-state index is 12.8. The number of benzene rings is 1. The minimum Gasteiger partial charge on any atom is -0.353 e. The Morgan fingerprint density at radius 1 is 1.15 bits per heavy atom. The maximum Gasteiger partial charge on any atom is 0.224 e. The van der Waals surface area contributed by atoms with Crippen molar-refractivity contribution < 1.29 is 4.79 Å². The molecule has 5 heteroatoms. The molecule has 146 valence electrons. The van der Waals surface area contributed by atoms with Crippen LogP contribution in [0, 0.1) is 5.92 Å². The van der Waals surface area contributed by atoms with Crippen molar-refractivity contribution in [1.29, 1.82) is 0 Å². The first kappa shape index (κ1) is 18.5. The van der Waals surface area contributed by atoms with Gasteiger partial charge in [-0.2, -0.15) is 0 Å². The predicted octanol–water partition coefficient (Wildman–Crippen LogP) is 3.72. The van der Waals surface area contributed by atoms with Gasteiger partial charge in [-0.3, -0.25) is 9.69 Å². The molecule has 0 bridgehead atoms. The molecule has 5 nitrogen and oxygen atoms in total. The van der Waals surface area contributed by atoms with Crippen LogP contribution in [0.25, 0.3) is 11.0 Å². The van der Waals surface area contributed by atoms with Crippen LogP contribution in [-0.4, -0.2) is 39.5 Å². The van der Waals surface area contributed by atoms with E-state index in [1.165, 1.54) is 24.8 Å². The van der Waals surface area contributed by atoms with Crippen LogP contribution >= 0.6 is 0 Å². The van der Waals surface area contributed by atoms with Gasteiger partial charge in [0.2, 0.25) is 5.91 Å². The number of para-hydroxylation sites is 2. The van der Waals surface area contributed by atoms with E-state index in [9.17, 15) is 4.79 Å². The lowest BCUT2D eigenvalue weighted by molar-refractivity contribution is -0.127. The molecule has 27 heavy (non-hydrogen) atoms. The lowest BCUT2D eigenvalue weighted by atomic mass is 9.93. The molecule has 1 saturated carbocycles. The van der Waals surface area contributed by atoms with Crippen LogP contribution in [0.5, 0.6) is 0 Å². The fourth-order valence-corrected chi connectivity index (χ4v) is 4.78. The van der Waals surface area contributed by atoms with Crippen molar-refractivity contribution in [2.24, 2.45) is 5.92 Å². The number of fused-ring (bicyclic) bond motifs is 1. The summed E-state index contributed by atoms with van der Waals surface area (Å²) in [6, 6.07) is 8.76. The zero-order chi connectivity index (χ0) is 18.6.